The normalized spacial score (nSPS) is 15.1. The summed E-state index contributed by atoms with van der Waals surface area (Å²) in [5.74, 6) is -0.894. The minimum absolute atomic E-state index is 0.102. The topological polar surface area (TPSA) is 21.7 Å². The number of hydrogen-bond donors (Lipinski definition) is 0. The summed E-state index contributed by atoms with van der Waals surface area (Å²) in [5.41, 5.74) is 2.56. The Morgan fingerprint density at radius 2 is 2.00 bits per heavy atom. The van der Waals surface area contributed by atoms with Gasteiger partial charge in [0, 0.05) is 28.7 Å². The maximum Gasteiger partial charge on any atom is 0.189 e. The summed E-state index contributed by atoms with van der Waals surface area (Å²) < 4.78 is 37.5. The van der Waals surface area contributed by atoms with Crippen molar-refractivity contribution < 1.29 is 18.3 Å². The average molecular weight is 354 g/mol. The van der Waals surface area contributed by atoms with Gasteiger partial charge in [-0.3, -0.25) is 4.90 Å². The van der Waals surface area contributed by atoms with Gasteiger partial charge in [-0.15, -0.1) is 0 Å². The highest BCUT2D eigenvalue weighted by Crippen LogP contribution is 2.33. The largest absolute Gasteiger partial charge is 0.467 e. The molecule has 0 radical (unpaired) electrons. The average Bonchev–Trinajstić information content (AvgIpc) is 2.56. The van der Waals surface area contributed by atoms with E-state index in [2.05, 4.69) is 0 Å². The lowest BCUT2D eigenvalue weighted by molar-refractivity contribution is -0.0175. The smallest absolute Gasteiger partial charge is 0.189 e. The third-order valence-electron chi connectivity index (χ3n) is 4.26. The molecule has 0 unspecified atom stereocenters. The van der Waals surface area contributed by atoms with Crippen molar-refractivity contribution in [3.8, 4) is 5.75 Å². The van der Waals surface area contributed by atoms with Gasteiger partial charge in [-0.05, 0) is 43.8 Å². The van der Waals surface area contributed by atoms with Gasteiger partial charge in [-0.25, -0.2) is 8.78 Å². The number of halogens is 3. The van der Waals surface area contributed by atoms with Crippen molar-refractivity contribution in [2.45, 2.75) is 26.1 Å². The van der Waals surface area contributed by atoms with Crippen LogP contribution in [-0.4, -0.2) is 18.7 Å². The van der Waals surface area contributed by atoms with E-state index in [1.165, 1.54) is 6.07 Å². The molecule has 3 nitrogen and oxygen atoms in total. The lowest BCUT2D eigenvalue weighted by atomic mass is 10.0. The number of hydrogen-bond acceptors (Lipinski definition) is 3. The Kier molecular flexibility index (Phi) is 5.04. The van der Waals surface area contributed by atoms with Crippen LogP contribution in [0.4, 0.5) is 8.78 Å². The van der Waals surface area contributed by atoms with Gasteiger partial charge in [0.25, 0.3) is 0 Å². The summed E-state index contributed by atoms with van der Waals surface area (Å²) in [6.45, 7) is 3.17. The molecule has 1 heterocycles. The molecule has 0 N–H and O–H groups in total. The van der Waals surface area contributed by atoms with Crippen LogP contribution in [0.3, 0.4) is 0 Å². The van der Waals surface area contributed by atoms with E-state index in [1.54, 1.807) is 6.07 Å². The van der Waals surface area contributed by atoms with Crippen LogP contribution < -0.4 is 4.74 Å². The van der Waals surface area contributed by atoms with Gasteiger partial charge in [-0.2, -0.15) is 0 Å². The molecule has 0 saturated heterocycles. The molecule has 1 atom stereocenters. The lowest BCUT2D eigenvalue weighted by Crippen LogP contribution is -2.23. The van der Waals surface area contributed by atoms with Crippen molar-refractivity contribution in [3.63, 3.8) is 0 Å². The molecular formula is C18H18ClF2NO2. The Morgan fingerprint density at radius 1 is 1.21 bits per heavy atom. The van der Waals surface area contributed by atoms with E-state index in [0.29, 0.717) is 23.7 Å². The highest BCUT2D eigenvalue weighted by molar-refractivity contribution is 6.30. The fourth-order valence-electron chi connectivity index (χ4n) is 2.81. The number of nitrogens with zero attached hydrogens (tertiary/aromatic N) is 1. The zero-order valence-electron chi connectivity index (χ0n) is 13.5. The van der Waals surface area contributed by atoms with E-state index in [0.717, 1.165) is 22.9 Å². The second-order valence-corrected chi connectivity index (χ2v) is 6.36. The Bertz CT molecular complexity index is 754. The summed E-state index contributed by atoms with van der Waals surface area (Å²) in [7, 11) is 1.92. The zero-order chi connectivity index (χ0) is 17.3. The van der Waals surface area contributed by atoms with E-state index in [1.807, 2.05) is 31.0 Å². The first-order valence-electron chi connectivity index (χ1n) is 7.62. The van der Waals surface area contributed by atoms with Gasteiger partial charge in [0.2, 0.25) is 0 Å². The van der Waals surface area contributed by atoms with Crippen LogP contribution >= 0.6 is 11.6 Å². The first-order chi connectivity index (χ1) is 11.5. The van der Waals surface area contributed by atoms with Gasteiger partial charge in [0.1, 0.15) is 5.75 Å². The maximum absolute atomic E-state index is 13.5. The van der Waals surface area contributed by atoms with E-state index in [9.17, 15) is 8.78 Å². The number of rotatable bonds is 4. The van der Waals surface area contributed by atoms with E-state index in [4.69, 9.17) is 21.1 Å². The van der Waals surface area contributed by atoms with Crippen molar-refractivity contribution in [1.29, 1.82) is 0 Å². The van der Waals surface area contributed by atoms with Crippen LogP contribution in [-0.2, 0) is 17.9 Å². The van der Waals surface area contributed by atoms with Gasteiger partial charge in [-0.1, -0.05) is 17.7 Å². The molecule has 0 aliphatic carbocycles. The molecule has 0 spiro atoms. The Morgan fingerprint density at radius 3 is 2.75 bits per heavy atom. The molecule has 2 aromatic rings. The number of ether oxygens (including phenoxy) is 2. The Labute approximate surface area is 144 Å². The van der Waals surface area contributed by atoms with Crippen LogP contribution in [0.1, 0.15) is 29.7 Å². The Hall–Kier alpha value is -1.69. The van der Waals surface area contributed by atoms with Crippen molar-refractivity contribution >= 4 is 11.6 Å². The molecule has 0 saturated carbocycles. The van der Waals surface area contributed by atoms with Crippen molar-refractivity contribution in [1.82, 2.24) is 4.90 Å². The second-order valence-electron chi connectivity index (χ2n) is 5.93. The highest BCUT2D eigenvalue weighted by Gasteiger charge is 2.20. The molecule has 24 heavy (non-hydrogen) atoms. The van der Waals surface area contributed by atoms with Crippen LogP contribution in [0, 0.1) is 11.6 Å². The first kappa shape index (κ1) is 17.1. The van der Waals surface area contributed by atoms with Crippen LogP contribution in [0.2, 0.25) is 5.02 Å². The molecule has 0 bridgehead atoms. The van der Waals surface area contributed by atoms with E-state index < -0.39 is 11.6 Å². The first-order valence-corrected chi connectivity index (χ1v) is 8.00. The minimum atomic E-state index is -0.842. The quantitative estimate of drug-likeness (QED) is 0.796. The molecule has 0 fully saturated rings. The summed E-state index contributed by atoms with van der Waals surface area (Å²) >= 11 is 6.18. The molecular weight excluding hydrogens is 336 g/mol. The van der Waals surface area contributed by atoms with Crippen molar-refractivity contribution in [2.75, 3.05) is 13.8 Å². The molecule has 2 aromatic carbocycles. The SMILES string of the molecule is C[C@@H](c1ccc(F)c(F)c1)N(C)Cc1cc(Cl)cc2c1OCOC2. The molecule has 128 valence electrons. The molecule has 0 aromatic heterocycles. The molecule has 0 amide bonds. The third-order valence-corrected chi connectivity index (χ3v) is 4.48. The predicted octanol–water partition coefficient (Wildman–Crippen LogP) is 4.68. The maximum atomic E-state index is 13.5. The summed E-state index contributed by atoms with van der Waals surface area (Å²) in [5, 5.41) is 0.617. The zero-order valence-corrected chi connectivity index (χ0v) is 14.2. The lowest BCUT2D eigenvalue weighted by Gasteiger charge is -2.28. The molecule has 1 aliphatic rings. The number of benzene rings is 2. The number of fused-ring (bicyclic) bond motifs is 1. The van der Waals surface area contributed by atoms with Crippen molar-refractivity contribution in [2.24, 2.45) is 0 Å². The third kappa shape index (κ3) is 3.53. The fraction of sp³-hybridized carbons (Fsp3) is 0.333. The monoisotopic (exact) mass is 353 g/mol. The van der Waals surface area contributed by atoms with Gasteiger partial charge < -0.3 is 9.47 Å². The fourth-order valence-corrected chi connectivity index (χ4v) is 3.07. The minimum Gasteiger partial charge on any atom is -0.467 e. The van der Waals surface area contributed by atoms with Crippen molar-refractivity contribution in [3.05, 3.63) is 63.7 Å². The van der Waals surface area contributed by atoms with Crippen LogP contribution in [0.15, 0.2) is 30.3 Å². The second kappa shape index (κ2) is 7.05. The summed E-state index contributed by atoms with van der Waals surface area (Å²) in [4.78, 5) is 2.03. The molecule has 6 heteroatoms. The summed E-state index contributed by atoms with van der Waals surface area (Å²) in [6, 6.07) is 7.57. The molecule has 1 aliphatic heterocycles. The van der Waals surface area contributed by atoms with Gasteiger partial charge >= 0.3 is 0 Å². The standard InChI is InChI=1S/C18H18ClF2NO2/c1-11(12-3-4-16(20)17(21)7-12)22(2)8-13-5-15(19)6-14-9-23-10-24-18(13)14/h3-7,11H,8-10H2,1-2H3/t11-/m0/s1. The van der Waals surface area contributed by atoms with E-state index >= 15 is 0 Å². The van der Waals surface area contributed by atoms with Crippen LogP contribution in [0.25, 0.3) is 0 Å². The van der Waals surface area contributed by atoms with Crippen LogP contribution in [0.5, 0.6) is 5.75 Å². The summed E-state index contributed by atoms with van der Waals surface area (Å²) in [6.07, 6.45) is 0. The molecule has 3 rings (SSSR count). The predicted molar refractivity (Wildman–Crippen MR) is 88.0 cm³/mol. The van der Waals surface area contributed by atoms with Gasteiger partial charge in [0.05, 0.1) is 6.61 Å². The Balaban J connectivity index is 1.82. The van der Waals surface area contributed by atoms with Gasteiger partial charge in [0.15, 0.2) is 18.4 Å². The van der Waals surface area contributed by atoms with E-state index in [-0.39, 0.29) is 12.8 Å². The highest BCUT2D eigenvalue weighted by atomic mass is 35.5.